The summed E-state index contributed by atoms with van der Waals surface area (Å²) in [6.45, 7) is 4.29. The maximum atomic E-state index is 12.8. The molecule has 0 aromatic heterocycles. The van der Waals surface area contributed by atoms with Gasteiger partial charge in [-0.25, -0.2) is 9.59 Å². The fraction of sp³-hybridized carbons (Fsp3) is 0.300. The highest BCUT2D eigenvalue weighted by molar-refractivity contribution is 5.97. The number of carbonyl (C=O) groups is 2. The summed E-state index contributed by atoms with van der Waals surface area (Å²) >= 11 is 0. The first kappa shape index (κ1) is 19.3. The van der Waals surface area contributed by atoms with Crippen LogP contribution in [0.15, 0.2) is 42.5 Å². The Morgan fingerprint density at radius 3 is 2.27 bits per heavy atom. The molecule has 6 nitrogen and oxygen atoms in total. The zero-order chi connectivity index (χ0) is 18.9. The number of rotatable bonds is 8. The van der Waals surface area contributed by atoms with Crippen molar-refractivity contribution in [1.82, 2.24) is 0 Å². The van der Waals surface area contributed by atoms with Gasteiger partial charge >= 0.3 is 12.1 Å². The summed E-state index contributed by atoms with van der Waals surface area (Å²) in [6, 6.07) is 11.6. The van der Waals surface area contributed by atoms with Crippen LogP contribution in [0.3, 0.4) is 0 Å². The van der Waals surface area contributed by atoms with E-state index in [4.69, 9.17) is 19.3 Å². The Morgan fingerprint density at radius 1 is 0.962 bits per heavy atom. The Kier molecular flexibility index (Phi) is 7.02. The van der Waals surface area contributed by atoms with Gasteiger partial charge in [-0.3, -0.25) is 0 Å². The second-order valence-electron chi connectivity index (χ2n) is 5.52. The molecule has 2 aromatic rings. The van der Waals surface area contributed by atoms with Gasteiger partial charge in [-0.15, -0.1) is 0 Å². The van der Waals surface area contributed by atoms with Gasteiger partial charge in [0.15, 0.2) is 0 Å². The van der Waals surface area contributed by atoms with Crippen molar-refractivity contribution in [3.05, 3.63) is 53.6 Å². The molecule has 0 aliphatic heterocycles. The molecule has 26 heavy (non-hydrogen) atoms. The van der Waals surface area contributed by atoms with Crippen LogP contribution in [0, 0.1) is 0 Å². The van der Waals surface area contributed by atoms with E-state index in [1.54, 1.807) is 36.4 Å². The lowest BCUT2D eigenvalue weighted by Crippen LogP contribution is -2.16. The molecule has 1 N–H and O–H groups in total. The average Bonchev–Trinajstić information content (AvgIpc) is 2.62. The van der Waals surface area contributed by atoms with Crippen LogP contribution in [-0.2, 0) is 6.42 Å². The molecule has 0 heterocycles. The van der Waals surface area contributed by atoms with Gasteiger partial charge in [-0.05, 0) is 44.0 Å². The molecular weight excluding hydrogens is 336 g/mol. The van der Waals surface area contributed by atoms with E-state index in [1.807, 2.05) is 13.8 Å². The van der Waals surface area contributed by atoms with Crippen LogP contribution in [0.5, 0.6) is 17.2 Å². The van der Waals surface area contributed by atoms with Gasteiger partial charge in [0.2, 0.25) is 0 Å². The monoisotopic (exact) mass is 358 g/mol. The van der Waals surface area contributed by atoms with Crippen molar-refractivity contribution >= 4 is 12.1 Å². The molecule has 0 saturated heterocycles. The van der Waals surface area contributed by atoms with Crippen LogP contribution >= 0.6 is 0 Å². The third-order valence-electron chi connectivity index (χ3n) is 3.67. The van der Waals surface area contributed by atoms with Crippen molar-refractivity contribution in [2.24, 2.45) is 0 Å². The van der Waals surface area contributed by atoms with E-state index >= 15 is 0 Å². The molecule has 0 aliphatic rings. The molecule has 6 heteroatoms. The van der Waals surface area contributed by atoms with Crippen LogP contribution in [0.4, 0.5) is 4.79 Å². The minimum atomic E-state index is -1.50. The molecule has 0 bridgehead atoms. The van der Waals surface area contributed by atoms with Gasteiger partial charge in [-0.2, -0.15) is 0 Å². The van der Waals surface area contributed by atoms with Gasteiger partial charge in [0.1, 0.15) is 22.8 Å². The number of hydrogen-bond acceptors (Lipinski definition) is 5. The lowest BCUT2D eigenvalue weighted by atomic mass is 9.99. The summed E-state index contributed by atoms with van der Waals surface area (Å²) in [5.74, 6) is 0.147. The summed E-state index contributed by atoms with van der Waals surface area (Å²) in [4.78, 5) is 23.8. The largest absolute Gasteiger partial charge is 0.511 e. The topological polar surface area (TPSA) is 82.1 Å². The minimum absolute atomic E-state index is 0.0620. The minimum Gasteiger partial charge on any atom is -0.494 e. The smallest absolute Gasteiger partial charge is 0.494 e. The van der Waals surface area contributed by atoms with Crippen molar-refractivity contribution in [3.8, 4) is 17.2 Å². The summed E-state index contributed by atoms with van der Waals surface area (Å²) < 4.78 is 15.9. The van der Waals surface area contributed by atoms with E-state index in [-0.39, 0.29) is 11.3 Å². The highest BCUT2D eigenvalue weighted by Gasteiger charge is 2.24. The Labute approximate surface area is 152 Å². The predicted molar refractivity (Wildman–Crippen MR) is 96.3 cm³/mol. The van der Waals surface area contributed by atoms with Crippen LogP contribution in [0.1, 0.15) is 42.6 Å². The molecular formula is C20H22O6. The van der Waals surface area contributed by atoms with Crippen molar-refractivity contribution in [3.63, 3.8) is 0 Å². The maximum absolute atomic E-state index is 12.8. The predicted octanol–water partition coefficient (Wildman–Crippen LogP) is 4.70. The average molecular weight is 358 g/mol. The Hall–Kier alpha value is -3.02. The van der Waals surface area contributed by atoms with Crippen molar-refractivity contribution in [1.29, 1.82) is 0 Å². The zero-order valence-electron chi connectivity index (χ0n) is 14.9. The highest BCUT2D eigenvalue weighted by atomic mass is 16.7. The molecule has 2 rings (SSSR count). The summed E-state index contributed by atoms with van der Waals surface area (Å²) in [5.41, 5.74) is 0.670. The molecule has 0 saturated carbocycles. The molecule has 0 amide bonds. The summed E-state index contributed by atoms with van der Waals surface area (Å²) in [6.07, 6.45) is 0.761. The zero-order valence-corrected chi connectivity index (χ0v) is 14.9. The Morgan fingerprint density at radius 2 is 1.65 bits per heavy atom. The van der Waals surface area contributed by atoms with E-state index in [0.29, 0.717) is 30.1 Å². The van der Waals surface area contributed by atoms with Gasteiger partial charge in [-0.1, -0.05) is 31.5 Å². The number of carboxylic acid groups (broad SMARTS) is 1. The van der Waals surface area contributed by atoms with Crippen molar-refractivity contribution in [2.75, 3.05) is 6.61 Å². The first-order valence-electron chi connectivity index (χ1n) is 8.53. The molecule has 0 aliphatic carbocycles. The van der Waals surface area contributed by atoms with Gasteiger partial charge < -0.3 is 19.3 Å². The fourth-order valence-corrected chi connectivity index (χ4v) is 2.55. The number of hydrogen-bond donors (Lipinski definition) is 1. The number of benzene rings is 2. The van der Waals surface area contributed by atoms with Gasteiger partial charge in [0.25, 0.3) is 0 Å². The van der Waals surface area contributed by atoms with Crippen LogP contribution < -0.4 is 14.2 Å². The Bertz CT molecular complexity index is 754. The molecule has 0 atom stereocenters. The Balaban J connectivity index is 2.50. The van der Waals surface area contributed by atoms with E-state index < -0.39 is 12.1 Å². The molecule has 2 aromatic carbocycles. The second-order valence-corrected chi connectivity index (χ2v) is 5.52. The van der Waals surface area contributed by atoms with Gasteiger partial charge in [0, 0.05) is 5.56 Å². The molecule has 138 valence electrons. The SMILES string of the molecule is CCCCc1c(OCC)ccc(OC(=O)O)c1C(=O)Oc1ccccc1. The standard InChI is InChI=1S/C20H22O6/c1-3-5-11-15-16(24-4-2)12-13-17(26-20(22)23)18(15)19(21)25-14-9-7-6-8-10-14/h6-10,12-13H,3-5,11H2,1-2H3,(H,22,23). The maximum Gasteiger partial charge on any atom is 0.511 e. The number of ether oxygens (including phenoxy) is 3. The molecule has 0 fully saturated rings. The van der Waals surface area contributed by atoms with Crippen LogP contribution in [0.2, 0.25) is 0 Å². The fourth-order valence-electron chi connectivity index (χ4n) is 2.55. The lowest BCUT2D eigenvalue weighted by Gasteiger charge is -2.17. The molecule has 0 unspecified atom stereocenters. The summed E-state index contributed by atoms with van der Waals surface area (Å²) in [5, 5.41) is 9.00. The van der Waals surface area contributed by atoms with Crippen molar-refractivity contribution < 1.29 is 28.9 Å². The third-order valence-corrected chi connectivity index (χ3v) is 3.67. The number of para-hydroxylation sites is 1. The normalized spacial score (nSPS) is 10.2. The van der Waals surface area contributed by atoms with Crippen LogP contribution in [-0.4, -0.2) is 23.8 Å². The number of esters is 1. The highest BCUT2D eigenvalue weighted by Crippen LogP contribution is 2.33. The molecule has 0 radical (unpaired) electrons. The van der Waals surface area contributed by atoms with E-state index in [1.165, 1.54) is 6.07 Å². The quantitative estimate of drug-likeness (QED) is 0.418. The lowest BCUT2D eigenvalue weighted by molar-refractivity contribution is 0.0729. The second kappa shape index (κ2) is 9.46. The molecule has 0 spiro atoms. The van der Waals surface area contributed by atoms with E-state index in [9.17, 15) is 9.59 Å². The third kappa shape index (κ3) is 4.99. The first-order valence-corrected chi connectivity index (χ1v) is 8.53. The van der Waals surface area contributed by atoms with E-state index in [0.717, 1.165) is 12.8 Å². The first-order chi connectivity index (χ1) is 12.6. The van der Waals surface area contributed by atoms with Crippen molar-refractivity contribution in [2.45, 2.75) is 33.1 Å². The summed E-state index contributed by atoms with van der Waals surface area (Å²) in [7, 11) is 0. The van der Waals surface area contributed by atoms with E-state index in [2.05, 4.69) is 0 Å². The number of unbranched alkanes of at least 4 members (excludes halogenated alkanes) is 1. The number of carbonyl (C=O) groups excluding carboxylic acids is 1. The van der Waals surface area contributed by atoms with Crippen LogP contribution in [0.25, 0.3) is 0 Å². The van der Waals surface area contributed by atoms with Gasteiger partial charge in [0.05, 0.1) is 6.61 Å².